The molecule has 1 saturated heterocycles. The van der Waals surface area contributed by atoms with Gasteiger partial charge in [-0.15, -0.1) is 0 Å². The lowest BCUT2D eigenvalue weighted by Crippen LogP contribution is -2.92. The van der Waals surface area contributed by atoms with Crippen LogP contribution < -0.4 is 16.0 Å². The standard InChI is InChI=1S/C61H87N3O22/c1-35-41(33-59(76)53(84-51(72)39-22-15-12-16-23-39)61(77)58(9,50(71)48(70)46(35)57(59,7)8)42(67)32-43-60(61,34-81-43)85-37(3)66)82-52(73)49(47(38-20-13-11-14-21-38)64-55(75)86-56(4,5)6)83-45(69)26-19-25-44(68)63-40(36(2)65)24-17-18-27-62-54(74)80-31-30-79-29-28-78-10/h11-16,20-23,35,40-43,46-50,53,67,70-71,76-77H,17-19,24-34H2,1-10H3,(H,62,74)(H,63,68)(H,64,75)/t35-,40?,41?,42+,43-,46?,47+,48-,49-,50-,53-,58+,59-,60+,61-/m1/s1. The van der Waals surface area contributed by atoms with Crippen LogP contribution in [0.2, 0.25) is 0 Å². The van der Waals surface area contributed by atoms with Gasteiger partial charge in [-0.3, -0.25) is 19.2 Å². The van der Waals surface area contributed by atoms with E-state index in [4.69, 9.17) is 42.6 Å². The molecular weight excluding hydrogens is 1130 g/mol. The molecule has 86 heavy (non-hydrogen) atoms. The molecule has 0 spiro atoms. The summed E-state index contributed by atoms with van der Waals surface area (Å²) in [4.78, 5) is 109. The van der Waals surface area contributed by atoms with Crippen molar-refractivity contribution in [1.82, 2.24) is 16.0 Å². The lowest BCUT2D eigenvalue weighted by atomic mass is 9.40. The van der Waals surface area contributed by atoms with Crippen LogP contribution in [0.25, 0.3) is 0 Å². The van der Waals surface area contributed by atoms with Gasteiger partial charge in [-0.1, -0.05) is 76.2 Å². The van der Waals surface area contributed by atoms with Gasteiger partial charge in [0.05, 0.1) is 61.8 Å². The second-order valence-electron chi connectivity index (χ2n) is 24.6. The van der Waals surface area contributed by atoms with E-state index in [9.17, 15) is 59.1 Å². The van der Waals surface area contributed by atoms with Gasteiger partial charge in [0.15, 0.2) is 23.1 Å². The Labute approximate surface area is 500 Å². The summed E-state index contributed by atoms with van der Waals surface area (Å²) in [6.45, 7) is 13.6. The molecule has 1 heterocycles. The fraction of sp³-hybridized carbons (Fsp3) is 0.672. The van der Waals surface area contributed by atoms with Crippen LogP contribution in [-0.2, 0) is 66.6 Å². The van der Waals surface area contributed by atoms with Crippen molar-refractivity contribution in [3.63, 3.8) is 0 Å². The summed E-state index contributed by atoms with van der Waals surface area (Å²) in [6.07, 6.45) is -15.8. The molecule has 3 aliphatic carbocycles. The molecule has 0 radical (unpaired) electrons. The first-order valence-corrected chi connectivity index (χ1v) is 29.2. The Morgan fingerprint density at radius 3 is 2.06 bits per heavy atom. The predicted octanol–water partition coefficient (Wildman–Crippen LogP) is 3.46. The van der Waals surface area contributed by atoms with Crippen molar-refractivity contribution in [3.8, 4) is 0 Å². The number of ether oxygens (including phenoxy) is 9. The van der Waals surface area contributed by atoms with Gasteiger partial charge in [0.25, 0.3) is 0 Å². The molecule has 15 atom stereocenters. The number of esters is 4. The molecule has 478 valence electrons. The molecule has 25 heteroatoms. The van der Waals surface area contributed by atoms with Crippen molar-refractivity contribution in [2.45, 2.75) is 191 Å². The number of hydrogen-bond acceptors (Lipinski definition) is 22. The monoisotopic (exact) mass is 1210 g/mol. The number of rotatable bonds is 26. The van der Waals surface area contributed by atoms with Gasteiger partial charge in [-0.05, 0) is 77.0 Å². The number of carbonyl (C=O) groups is 8. The van der Waals surface area contributed by atoms with Crippen LogP contribution in [0, 0.1) is 22.7 Å². The number of ketones is 1. The van der Waals surface area contributed by atoms with Crippen LogP contribution in [0.3, 0.4) is 0 Å². The molecule has 25 nitrogen and oxygen atoms in total. The highest BCUT2D eigenvalue weighted by Gasteiger charge is 2.86. The predicted molar refractivity (Wildman–Crippen MR) is 302 cm³/mol. The van der Waals surface area contributed by atoms with Crippen molar-refractivity contribution in [1.29, 1.82) is 0 Å². The molecule has 3 unspecified atom stereocenters. The summed E-state index contributed by atoms with van der Waals surface area (Å²) < 4.78 is 51.3. The van der Waals surface area contributed by atoms with E-state index in [1.165, 1.54) is 64.1 Å². The first kappa shape index (κ1) is 68.8. The summed E-state index contributed by atoms with van der Waals surface area (Å²) in [7, 11) is 1.54. The number of carbonyl (C=O) groups excluding carboxylic acids is 8. The number of amides is 3. The highest BCUT2D eigenvalue weighted by molar-refractivity contribution is 5.90. The van der Waals surface area contributed by atoms with Crippen LogP contribution in [0.4, 0.5) is 9.59 Å². The molecule has 0 aromatic heterocycles. The number of aliphatic hydroxyl groups excluding tert-OH is 3. The number of methoxy groups -OCH3 is 1. The van der Waals surface area contributed by atoms with E-state index in [2.05, 4.69) is 16.0 Å². The maximum Gasteiger partial charge on any atom is 0.408 e. The Hall–Kier alpha value is -6.32. The van der Waals surface area contributed by atoms with Crippen molar-refractivity contribution in [3.05, 3.63) is 71.8 Å². The smallest absolute Gasteiger partial charge is 0.408 e. The summed E-state index contributed by atoms with van der Waals surface area (Å²) in [5.74, 6) is -7.76. The molecule has 1 aliphatic heterocycles. The number of aliphatic hydroxyl groups is 5. The molecule has 2 aromatic rings. The van der Waals surface area contributed by atoms with E-state index in [1.807, 2.05) is 0 Å². The third-order valence-corrected chi connectivity index (χ3v) is 17.5. The number of unbranched alkanes of at least 4 members (excludes halogenated alkanes) is 1. The molecule has 3 saturated carbocycles. The SMILES string of the molecule is COCCOCCOC(=O)NCCCCC(NC(=O)CCCC(=O)O[C@@H](C(=O)OC1C[C@@]2(O)[C@@H](OC(=O)c3ccccc3)[C@@]3(O)[C@](C)([C@H](O)[C@H](O)C([C@@H]1C)C2(C)C)[C@@H](O)C[C@H]1OC[C@]13OC(C)=O)[C@@H](NC(=O)OC(C)(C)C)c1ccccc1)C(C)=O. The largest absolute Gasteiger partial charge is 0.459 e. The number of alkyl carbamates (subject to hydrolysis) is 2. The van der Waals surface area contributed by atoms with Crippen LogP contribution in [0.15, 0.2) is 60.7 Å². The summed E-state index contributed by atoms with van der Waals surface area (Å²) in [5.41, 5.74) is -13.0. The molecule has 8 N–H and O–H groups in total. The highest BCUT2D eigenvalue weighted by Crippen LogP contribution is 2.67. The maximum atomic E-state index is 15.3. The van der Waals surface area contributed by atoms with Crippen molar-refractivity contribution >= 4 is 47.8 Å². The van der Waals surface area contributed by atoms with E-state index >= 15 is 4.79 Å². The Morgan fingerprint density at radius 2 is 1.45 bits per heavy atom. The van der Waals surface area contributed by atoms with Crippen LogP contribution in [0.5, 0.6) is 0 Å². The normalized spacial score (nSPS) is 30.0. The van der Waals surface area contributed by atoms with Crippen molar-refractivity contribution < 1.29 is 107 Å². The lowest BCUT2D eigenvalue weighted by Gasteiger charge is -2.73. The zero-order valence-corrected chi connectivity index (χ0v) is 50.7. The fourth-order valence-corrected chi connectivity index (χ4v) is 12.9. The lowest BCUT2D eigenvalue weighted by molar-refractivity contribution is -0.432. The van der Waals surface area contributed by atoms with Crippen LogP contribution >= 0.6 is 0 Å². The van der Waals surface area contributed by atoms with Crippen molar-refractivity contribution in [2.24, 2.45) is 22.7 Å². The summed E-state index contributed by atoms with van der Waals surface area (Å²) >= 11 is 0. The molecule has 3 amide bonds. The zero-order chi connectivity index (χ0) is 63.6. The average Bonchev–Trinajstić information content (AvgIpc) is 0.656. The molecule has 6 rings (SSSR count). The Bertz CT molecular complexity index is 2690. The average molecular weight is 1210 g/mol. The quantitative estimate of drug-likeness (QED) is 0.0380. The number of Topliss-reactive ketones (excluding diaryl/α,β-unsaturated/α-hetero) is 1. The Kier molecular flexibility index (Phi) is 22.9. The van der Waals surface area contributed by atoms with Crippen molar-refractivity contribution in [2.75, 3.05) is 46.7 Å². The van der Waals surface area contributed by atoms with E-state index in [1.54, 1.807) is 59.1 Å². The summed E-state index contributed by atoms with van der Waals surface area (Å²) in [5, 5.41) is 73.3. The first-order valence-electron chi connectivity index (χ1n) is 29.2. The minimum absolute atomic E-state index is 0.0449. The van der Waals surface area contributed by atoms with E-state index in [0.29, 0.717) is 26.1 Å². The van der Waals surface area contributed by atoms with Gasteiger partial charge < -0.3 is 84.1 Å². The fourth-order valence-electron chi connectivity index (χ4n) is 12.9. The zero-order valence-electron chi connectivity index (χ0n) is 50.7. The minimum atomic E-state index is -3.03. The first-order chi connectivity index (χ1) is 40.4. The van der Waals surface area contributed by atoms with Gasteiger partial charge in [0, 0.05) is 57.6 Å². The topological polar surface area (TPSA) is 357 Å². The minimum Gasteiger partial charge on any atom is -0.459 e. The Balaban J connectivity index is 1.29. The number of benzene rings is 2. The molecule has 2 bridgehead atoms. The number of fused-ring (bicyclic) bond motifs is 5. The summed E-state index contributed by atoms with van der Waals surface area (Å²) in [6, 6.07) is 13.0. The number of hydrogen-bond donors (Lipinski definition) is 8. The number of nitrogens with one attached hydrogen (secondary N) is 3. The van der Waals surface area contributed by atoms with Gasteiger partial charge in [-0.2, -0.15) is 0 Å². The van der Waals surface area contributed by atoms with E-state index in [0.717, 1.165) is 6.92 Å². The third-order valence-electron chi connectivity index (χ3n) is 17.5. The second kappa shape index (κ2) is 28.7. The molecular formula is C61H87N3O22. The molecule has 4 fully saturated rings. The Morgan fingerprint density at radius 1 is 0.802 bits per heavy atom. The maximum absolute atomic E-state index is 15.3. The highest BCUT2D eigenvalue weighted by atomic mass is 16.7. The van der Waals surface area contributed by atoms with Crippen LogP contribution in [0.1, 0.15) is 136 Å². The van der Waals surface area contributed by atoms with Gasteiger partial charge in [-0.25, -0.2) is 19.2 Å². The van der Waals surface area contributed by atoms with Crippen LogP contribution in [-0.4, -0.2) is 191 Å². The van der Waals surface area contributed by atoms with Gasteiger partial charge in [0.2, 0.25) is 12.0 Å². The third kappa shape index (κ3) is 14.8. The molecule has 4 aliphatic rings. The van der Waals surface area contributed by atoms with E-state index < -0.39 is 161 Å². The molecule has 2 aromatic carbocycles. The second-order valence-corrected chi connectivity index (χ2v) is 24.6. The van der Waals surface area contributed by atoms with Gasteiger partial charge in [0.1, 0.15) is 36.1 Å². The van der Waals surface area contributed by atoms with E-state index in [-0.39, 0.29) is 62.4 Å². The van der Waals surface area contributed by atoms with Gasteiger partial charge >= 0.3 is 36.1 Å².